The van der Waals surface area contributed by atoms with E-state index >= 15 is 0 Å². The average Bonchev–Trinajstić information content (AvgIpc) is 3.05. The number of carbonyl (C=O) groups is 3. The molecule has 0 amide bonds. The number of phenols is 2. The highest BCUT2D eigenvalue weighted by Gasteiger charge is 2.47. The predicted molar refractivity (Wildman–Crippen MR) is 89.9 cm³/mol. The van der Waals surface area contributed by atoms with Crippen LogP contribution in [0, 0.1) is 0 Å². The molecule has 0 aliphatic heterocycles. The Morgan fingerprint density at radius 2 is 1.85 bits per heavy atom. The molecule has 7 nitrogen and oxygen atoms in total. The van der Waals surface area contributed by atoms with Crippen molar-refractivity contribution in [2.24, 2.45) is 0 Å². The van der Waals surface area contributed by atoms with E-state index in [-0.39, 0.29) is 45.5 Å². The minimum Gasteiger partial charge on any atom is -0.507 e. The van der Waals surface area contributed by atoms with Crippen LogP contribution in [0.2, 0.25) is 0 Å². The molecule has 2 aliphatic rings. The molecule has 134 valence electrons. The fraction of sp³-hybridized carbons (Fsp3) is 0.278. The van der Waals surface area contributed by atoms with E-state index in [0.717, 1.165) is 18.3 Å². The van der Waals surface area contributed by atoms with Gasteiger partial charge >= 0.3 is 0 Å². The summed E-state index contributed by atoms with van der Waals surface area (Å²) >= 11 is 1.04. The van der Waals surface area contributed by atoms with Gasteiger partial charge in [0, 0.05) is 29.5 Å². The summed E-state index contributed by atoms with van der Waals surface area (Å²) in [5.41, 5.74) is -2.75. The first-order valence-corrected chi connectivity index (χ1v) is 8.74. The number of phenolic OH excluding ortho intramolecular Hbond substituents is 2. The lowest BCUT2D eigenvalue weighted by atomic mass is 9.73. The maximum absolute atomic E-state index is 12.7. The van der Waals surface area contributed by atoms with Crippen LogP contribution in [0.4, 0.5) is 0 Å². The molecule has 1 aromatic carbocycles. The number of carbonyl (C=O) groups excluding carboxylic acids is 3. The van der Waals surface area contributed by atoms with Gasteiger partial charge in [0.05, 0.1) is 22.1 Å². The molecule has 1 aromatic heterocycles. The van der Waals surface area contributed by atoms with Crippen molar-refractivity contribution in [3.8, 4) is 11.5 Å². The topological polar surface area (TPSA) is 132 Å². The summed E-state index contributed by atoms with van der Waals surface area (Å²) < 4.78 is 0. The van der Waals surface area contributed by atoms with Crippen LogP contribution in [0.5, 0.6) is 11.5 Å². The van der Waals surface area contributed by atoms with Gasteiger partial charge in [-0.25, -0.2) is 0 Å². The lowest BCUT2D eigenvalue weighted by Crippen LogP contribution is -2.44. The Balaban J connectivity index is 2.03. The van der Waals surface area contributed by atoms with E-state index in [2.05, 4.69) is 0 Å². The monoisotopic (exact) mass is 374 g/mol. The number of rotatable bonds is 1. The first-order chi connectivity index (χ1) is 12.2. The van der Waals surface area contributed by atoms with Crippen molar-refractivity contribution in [2.45, 2.75) is 31.5 Å². The van der Waals surface area contributed by atoms with Gasteiger partial charge < -0.3 is 20.4 Å². The van der Waals surface area contributed by atoms with Gasteiger partial charge in [-0.05, 0) is 18.4 Å². The van der Waals surface area contributed by atoms with E-state index in [1.807, 2.05) is 0 Å². The molecular formula is C18H14O7S. The molecule has 0 spiro atoms. The molecule has 1 heterocycles. The second-order valence-electron chi connectivity index (χ2n) is 6.65. The van der Waals surface area contributed by atoms with Gasteiger partial charge in [0.15, 0.2) is 11.6 Å². The zero-order valence-electron chi connectivity index (χ0n) is 13.6. The molecule has 8 heteroatoms. The summed E-state index contributed by atoms with van der Waals surface area (Å²) in [5.74, 6) is -3.04. The molecule has 4 rings (SSSR count). The lowest BCUT2D eigenvalue weighted by molar-refractivity contribution is -0.139. The van der Waals surface area contributed by atoms with Gasteiger partial charge in [0.1, 0.15) is 17.1 Å². The molecular weight excluding hydrogens is 360 g/mol. The molecule has 2 aromatic rings. The van der Waals surface area contributed by atoms with Crippen molar-refractivity contribution in [1.29, 1.82) is 0 Å². The van der Waals surface area contributed by atoms with Crippen LogP contribution in [-0.4, -0.2) is 43.4 Å². The second kappa shape index (κ2) is 5.23. The first kappa shape index (κ1) is 16.9. The van der Waals surface area contributed by atoms with E-state index in [1.54, 1.807) is 5.38 Å². The Morgan fingerprint density at radius 1 is 1.19 bits per heavy atom. The van der Waals surface area contributed by atoms with Crippen LogP contribution in [-0.2, 0) is 11.2 Å². The van der Waals surface area contributed by atoms with E-state index in [0.29, 0.717) is 0 Å². The minimum absolute atomic E-state index is 0.0983. The number of aliphatic hydroxyl groups excluding tert-OH is 1. The fourth-order valence-electron chi connectivity index (χ4n) is 3.74. The van der Waals surface area contributed by atoms with Gasteiger partial charge in [-0.3, -0.25) is 14.4 Å². The van der Waals surface area contributed by atoms with Gasteiger partial charge in [-0.1, -0.05) is 0 Å². The number of hydrogen-bond donors (Lipinski definition) is 4. The third-order valence-electron chi connectivity index (χ3n) is 5.15. The Labute approximate surface area is 151 Å². The standard InChI is InChI=1S/C18H14O7S/c1-6(19)18(25)4-8-10(9(20)5-18)15(23)11-12(14(8)22)16(24)17-7(13(11)21)2-3-26-17/h2-3,9,20,22-23,25H,4-5H2,1H3/t9-,18+/m0/s1. The number of fused-ring (bicyclic) bond motifs is 3. The van der Waals surface area contributed by atoms with E-state index < -0.39 is 40.6 Å². The Bertz CT molecular complexity index is 1020. The summed E-state index contributed by atoms with van der Waals surface area (Å²) in [4.78, 5) is 37.4. The second-order valence-corrected chi connectivity index (χ2v) is 7.56. The Kier molecular flexibility index (Phi) is 3.40. The quantitative estimate of drug-likeness (QED) is 0.471. The number of aliphatic hydroxyl groups is 2. The summed E-state index contributed by atoms with van der Waals surface area (Å²) in [5, 5.41) is 43.7. The van der Waals surface area contributed by atoms with Crippen molar-refractivity contribution in [3.63, 3.8) is 0 Å². The number of hydrogen-bond acceptors (Lipinski definition) is 8. The van der Waals surface area contributed by atoms with Crippen LogP contribution >= 0.6 is 11.3 Å². The van der Waals surface area contributed by atoms with Crippen molar-refractivity contribution >= 4 is 28.7 Å². The summed E-state index contributed by atoms with van der Waals surface area (Å²) in [6, 6.07) is 1.46. The highest BCUT2D eigenvalue weighted by molar-refractivity contribution is 7.12. The van der Waals surface area contributed by atoms with Crippen molar-refractivity contribution in [2.75, 3.05) is 0 Å². The normalized spacial score (nSPS) is 24.0. The molecule has 0 fully saturated rings. The number of aromatic hydroxyl groups is 2. The highest BCUT2D eigenvalue weighted by atomic mass is 32.1. The molecule has 4 N–H and O–H groups in total. The van der Waals surface area contributed by atoms with Crippen LogP contribution in [0.15, 0.2) is 11.4 Å². The molecule has 26 heavy (non-hydrogen) atoms. The zero-order valence-corrected chi connectivity index (χ0v) is 14.4. The Hall–Kier alpha value is -2.55. The molecule has 2 aliphatic carbocycles. The molecule has 0 radical (unpaired) electrons. The van der Waals surface area contributed by atoms with Gasteiger partial charge in [0.25, 0.3) is 0 Å². The van der Waals surface area contributed by atoms with Crippen LogP contribution in [0.1, 0.15) is 61.7 Å². The molecule has 0 bridgehead atoms. The summed E-state index contributed by atoms with van der Waals surface area (Å²) in [7, 11) is 0. The molecule has 0 unspecified atom stereocenters. The largest absolute Gasteiger partial charge is 0.507 e. The number of thiophene rings is 1. The van der Waals surface area contributed by atoms with Gasteiger partial charge in [-0.2, -0.15) is 0 Å². The maximum atomic E-state index is 12.7. The lowest BCUT2D eigenvalue weighted by Gasteiger charge is -2.36. The highest BCUT2D eigenvalue weighted by Crippen LogP contribution is 2.50. The number of Topliss-reactive ketones (excluding diaryl/α,β-unsaturated/α-hetero) is 1. The molecule has 2 atom stereocenters. The van der Waals surface area contributed by atoms with Gasteiger partial charge in [-0.15, -0.1) is 11.3 Å². The number of ketones is 3. The van der Waals surface area contributed by atoms with E-state index in [4.69, 9.17) is 0 Å². The van der Waals surface area contributed by atoms with E-state index in [9.17, 15) is 34.8 Å². The molecule has 0 saturated carbocycles. The van der Waals surface area contributed by atoms with Gasteiger partial charge in [0.2, 0.25) is 5.78 Å². The van der Waals surface area contributed by atoms with E-state index in [1.165, 1.54) is 6.07 Å². The first-order valence-electron chi connectivity index (χ1n) is 7.86. The minimum atomic E-state index is -1.93. The summed E-state index contributed by atoms with van der Waals surface area (Å²) in [6.45, 7) is 1.15. The number of benzene rings is 1. The summed E-state index contributed by atoms with van der Waals surface area (Å²) in [6.07, 6.45) is -2.23. The Morgan fingerprint density at radius 3 is 2.50 bits per heavy atom. The van der Waals surface area contributed by atoms with Crippen LogP contribution < -0.4 is 0 Å². The van der Waals surface area contributed by atoms with Crippen molar-refractivity contribution < 1.29 is 34.8 Å². The fourth-order valence-corrected chi connectivity index (χ4v) is 4.58. The third-order valence-corrected chi connectivity index (χ3v) is 6.06. The van der Waals surface area contributed by atoms with Crippen molar-refractivity contribution in [1.82, 2.24) is 0 Å². The van der Waals surface area contributed by atoms with Crippen LogP contribution in [0.3, 0.4) is 0 Å². The molecule has 0 saturated heterocycles. The third kappa shape index (κ3) is 1.97. The average molecular weight is 374 g/mol. The maximum Gasteiger partial charge on any atom is 0.208 e. The predicted octanol–water partition coefficient (Wildman–Crippen LogP) is 1.23. The van der Waals surface area contributed by atoms with Crippen LogP contribution in [0.25, 0.3) is 0 Å². The smallest absolute Gasteiger partial charge is 0.208 e. The zero-order chi connectivity index (χ0) is 19.0. The SMILES string of the molecule is CC(=O)[C@@]1(O)Cc2c(O)c3c(c(O)c2[C@@H](O)C1)C(=O)c1ccsc1C3=O. The van der Waals surface area contributed by atoms with Crippen molar-refractivity contribution in [3.05, 3.63) is 44.1 Å².